The fourth-order valence-electron chi connectivity index (χ4n) is 5.07. The van der Waals surface area contributed by atoms with Gasteiger partial charge in [0.2, 0.25) is 11.8 Å². The quantitative estimate of drug-likeness (QED) is 0.726. The zero-order valence-corrected chi connectivity index (χ0v) is 16.0. The highest BCUT2D eigenvalue weighted by Gasteiger charge is 2.54. The molecular formula is C19H26N4O4. The monoisotopic (exact) mass is 374 g/mol. The minimum atomic E-state index is -0.581. The molecule has 0 spiro atoms. The molecule has 0 unspecified atom stereocenters. The lowest BCUT2D eigenvalue weighted by Gasteiger charge is -2.37. The smallest absolute Gasteiger partial charge is 0.306 e. The number of aromatic nitrogens is 2. The normalized spacial score (nSPS) is 28.4. The van der Waals surface area contributed by atoms with Crippen LogP contribution in [0.4, 0.5) is 0 Å². The molecule has 2 amide bonds. The minimum absolute atomic E-state index is 0.214. The van der Waals surface area contributed by atoms with Crippen LogP contribution in [0.2, 0.25) is 0 Å². The van der Waals surface area contributed by atoms with Crippen molar-refractivity contribution in [2.24, 2.45) is 25.9 Å². The second kappa shape index (κ2) is 6.44. The third kappa shape index (κ3) is 2.61. The first-order chi connectivity index (χ1) is 12.8. The van der Waals surface area contributed by atoms with Crippen LogP contribution in [-0.4, -0.2) is 38.9 Å². The van der Waals surface area contributed by atoms with E-state index in [0.717, 1.165) is 30.3 Å². The van der Waals surface area contributed by atoms with Gasteiger partial charge < -0.3 is 9.88 Å². The molecule has 1 aromatic heterocycles. The van der Waals surface area contributed by atoms with Gasteiger partial charge in [0.25, 0.3) is 5.56 Å². The standard InChI is InChI=1S/C19H26N4O4/c1-21-12-9-11-13(17(25)22(2)16(11)24)15(20-10-7-5-4-6-8-10)14(12)18(26)23(3)19(21)27/h10-11,13,15,20H,4-9H2,1-3H3/t11-,13-,15-/m1/s1. The minimum Gasteiger partial charge on any atom is -0.306 e. The first-order valence-corrected chi connectivity index (χ1v) is 9.69. The number of carbonyl (C=O) groups excluding carboxylic acids is 2. The number of imide groups is 1. The molecule has 3 aliphatic rings. The van der Waals surface area contributed by atoms with Gasteiger partial charge in [-0.1, -0.05) is 19.3 Å². The molecule has 8 nitrogen and oxygen atoms in total. The van der Waals surface area contributed by atoms with Gasteiger partial charge in [-0.3, -0.25) is 23.9 Å². The maximum Gasteiger partial charge on any atom is 0.330 e. The third-order valence-corrected chi connectivity index (χ3v) is 6.63. The van der Waals surface area contributed by atoms with E-state index in [1.165, 1.54) is 30.0 Å². The van der Waals surface area contributed by atoms with Gasteiger partial charge in [0.15, 0.2) is 0 Å². The van der Waals surface area contributed by atoms with Crippen LogP contribution >= 0.6 is 0 Å². The molecule has 4 rings (SSSR count). The van der Waals surface area contributed by atoms with Crippen molar-refractivity contribution in [3.8, 4) is 0 Å². The number of hydrogen-bond acceptors (Lipinski definition) is 5. The van der Waals surface area contributed by atoms with Crippen LogP contribution in [0.1, 0.15) is 49.4 Å². The Morgan fingerprint density at radius 3 is 2.22 bits per heavy atom. The molecule has 8 heteroatoms. The maximum absolute atomic E-state index is 13.0. The average molecular weight is 374 g/mol. The molecule has 0 aromatic carbocycles. The zero-order valence-electron chi connectivity index (χ0n) is 16.0. The molecule has 1 saturated heterocycles. The van der Waals surface area contributed by atoms with Crippen LogP contribution < -0.4 is 16.6 Å². The number of fused-ring (bicyclic) bond motifs is 2. The zero-order chi connectivity index (χ0) is 19.5. The van der Waals surface area contributed by atoms with E-state index < -0.39 is 23.6 Å². The van der Waals surface area contributed by atoms with Crippen LogP contribution in [0.25, 0.3) is 0 Å². The van der Waals surface area contributed by atoms with E-state index in [2.05, 4.69) is 5.32 Å². The molecule has 0 bridgehead atoms. The Morgan fingerprint density at radius 2 is 1.56 bits per heavy atom. The van der Waals surface area contributed by atoms with Crippen molar-refractivity contribution in [1.29, 1.82) is 0 Å². The number of carbonyl (C=O) groups is 2. The largest absolute Gasteiger partial charge is 0.330 e. The fraction of sp³-hybridized carbons (Fsp3) is 0.684. The van der Waals surface area contributed by atoms with Gasteiger partial charge in [-0.25, -0.2) is 4.79 Å². The number of nitrogens with zero attached hydrogens (tertiary/aromatic N) is 3. The fourth-order valence-corrected chi connectivity index (χ4v) is 5.07. The molecule has 2 aliphatic carbocycles. The summed E-state index contributed by atoms with van der Waals surface area (Å²) in [5.74, 6) is -1.56. The van der Waals surface area contributed by atoms with Crippen molar-refractivity contribution in [3.05, 3.63) is 32.1 Å². The van der Waals surface area contributed by atoms with Gasteiger partial charge in [0.1, 0.15) is 0 Å². The van der Waals surface area contributed by atoms with E-state index >= 15 is 0 Å². The highest BCUT2D eigenvalue weighted by Crippen LogP contribution is 2.42. The highest BCUT2D eigenvalue weighted by molar-refractivity contribution is 6.05. The second-order valence-corrected chi connectivity index (χ2v) is 8.12. The molecule has 2 fully saturated rings. The molecule has 3 atom stereocenters. The van der Waals surface area contributed by atoms with Crippen LogP contribution in [0.3, 0.4) is 0 Å². The Bertz CT molecular complexity index is 925. The Morgan fingerprint density at radius 1 is 0.889 bits per heavy atom. The summed E-state index contributed by atoms with van der Waals surface area (Å²) >= 11 is 0. The molecule has 1 N–H and O–H groups in total. The summed E-state index contributed by atoms with van der Waals surface area (Å²) in [6.07, 6.45) is 5.66. The van der Waals surface area contributed by atoms with Gasteiger partial charge in [-0.05, 0) is 12.8 Å². The Kier molecular flexibility index (Phi) is 4.33. The lowest BCUT2D eigenvalue weighted by atomic mass is 9.75. The summed E-state index contributed by atoms with van der Waals surface area (Å²) < 4.78 is 2.55. The number of rotatable bonds is 2. The highest BCUT2D eigenvalue weighted by atomic mass is 16.2. The summed E-state index contributed by atoms with van der Waals surface area (Å²) in [5.41, 5.74) is 0.283. The lowest BCUT2D eigenvalue weighted by Crippen LogP contribution is -2.51. The number of likely N-dealkylation sites (tertiary alicyclic amines) is 1. The van der Waals surface area contributed by atoms with E-state index in [9.17, 15) is 19.2 Å². The summed E-state index contributed by atoms with van der Waals surface area (Å²) in [7, 11) is 4.59. The Labute approximate surface area is 157 Å². The van der Waals surface area contributed by atoms with Gasteiger partial charge in [0.05, 0.1) is 23.4 Å². The SMILES string of the molecule is CN1C(=O)[C@@H]2[C@@H](Cc3c(c(=O)n(C)c(=O)n3C)[C@@H]2NC2CCCCC2)C1=O. The van der Waals surface area contributed by atoms with Crippen molar-refractivity contribution in [3.63, 3.8) is 0 Å². The average Bonchev–Trinajstić information content (AvgIpc) is 2.89. The molecule has 1 saturated carbocycles. The number of amides is 2. The van der Waals surface area contributed by atoms with E-state index in [0.29, 0.717) is 11.3 Å². The first kappa shape index (κ1) is 18.2. The molecule has 1 aliphatic heterocycles. The van der Waals surface area contributed by atoms with E-state index in [1.807, 2.05) is 0 Å². The molecule has 27 heavy (non-hydrogen) atoms. The number of nitrogens with one attached hydrogen (secondary N) is 1. The topological polar surface area (TPSA) is 93.4 Å². The third-order valence-electron chi connectivity index (χ3n) is 6.63. The van der Waals surface area contributed by atoms with Gasteiger partial charge in [-0.15, -0.1) is 0 Å². The number of hydrogen-bond donors (Lipinski definition) is 1. The van der Waals surface area contributed by atoms with Crippen molar-refractivity contribution >= 4 is 11.8 Å². The van der Waals surface area contributed by atoms with E-state index in [1.54, 1.807) is 7.05 Å². The Balaban J connectivity index is 1.88. The van der Waals surface area contributed by atoms with Crippen molar-refractivity contribution in [2.75, 3.05) is 7.05 Å². The van der Waals surface area contributed by atoms with Crippen LogP contribution in [0.5, 0.6) is 0 Å². The molecule has 2 heterocycles. The van der Waals surface area contributed by atoms with E-state index in [-0.39, 0.29) is 29.8 Å². The predicted octanol–water partition coefficient (Wildman–Crippen LogP) is -0.165. The van der Waals surface area contributed by atoms with Crippen LogP contribution in [0.15, 0.2) is 9.59 Å². The van der Waals surface area contributed by atoms with Crippen molar-refractivity contribution in [1.82, 2.24) is 19.4 Å². The molecule has 146 valence electrons. The molecular weight excluding hydrogens is 348 g/mol. The first-order valence-electron chi connectivity index (χ1n) is 9.69. The maximum atomic E-state index is 13.0. The second-order valence-electron chi connectivity index (χ2n) is 8.12. The van der Waals surface area contributed by atoms with Gasteiger partial charge >= 0.3 is 5.69 Å². The van der Waals surface area contributed by atoms with Crippen molar-refractivity contribution < 1.29 is 9.59 Å². The Hall–Kier alpha value is -2.22. The summed E-state index contributed by atoms with van der Waals surface area (Å²) in [6, 6.07) is -0.320. The lowest BCUT2D eigenvalue weighted by molar-refractivity contribution is -0.138. The van der Waals surface area contributed by atoms with Crippen molar-refractivity contribution in [2.45, 2.75) is 50.6 Å². The van der Waals surface area contributed by atoms with Crippen LogP contribution in [-0.2, 0) is 30.1 Å². The molecule has 1 aromatic rings. The van der Waals surface area contributed by atoms with E-state index in [4.69, 9.17) is 0 Å². The summed E-state index contributed by atoms with van der Waals surface area (Å²) in [4.78, 5) is 52.1. The van der Waals surface area contributed by atoms with Crippen LogP contribution in [0, 0.1) is 11.8 Å². The summed E-state index contributed by atoms with van der Waals surface area (Å²) in [6.45, 7) is 0. The molecule has 0 radical (unpaired) electrons. The summed E-state index contributed by atoms with van der Waals surface area (Å²) in [5, 5.41) is 3.54. The van der Waals surface area contributed by atoms with Gasteiger partial charge in [0, 0.05) is 39.3 Å². The van der Waals surface area contributed by atoms with Gasteiger partial charge in [-0.2, -0.15) is 0 Å². The predicted molar refractivity (Wildman–Crippen MR) is 98.1 cm³/mol.